The zero-order chi connectivity index (χ0) is 13.4. The van der Waals surface area contributed by atoms with E-state index in [0.717, 1.165) is 13.0 Å². The normalized spacial score (nSPS) is 35.2. The van der Waals surface area contributed by atoms with E-state index in [4.69, 9.17) is 0 Å². The Labute approximate surface area is 117 Å². The average Bonchev–Trinajstić information content (AvgIpc) is 3.20. The van der Waals surface area contributed by atoms with Gasteiger partial charge in [-0.2, -0.15) is 0 Å². The molecular formula is C16H28N2O. The number of carbonyl (C=O) groups is 1. The SMILES string of the molecule is CCCN(C(=O)C(C)C1CC1)C1CC2CCC(C1)N2. The highest BCUT2D eigenvalue weighted by Gasteiger charge is 2.40. The van der Waals surface area contributed by atoms with E-state index in [1.165, 1.54) is 38.5 Å². The van der Waals surface area contributed by atoms with Gasteiger partial charge in [0.1, 0.15) is 0 Å². The summed E-state index contributed by atoms with van der Waals surface area (Å²) in [4.78, 5) is 15.0. The van der Waals surface area contributed by atoms with Crippen molar-refractivity contribution in [3.8, 4) is 0 Å². The third kappa shape index (κ3) is 2.81. The summed E-state index contributed by atoms with van der Waals surface area (Å²) in [5.41, 5.74) is 0. The monoisotopic (exact) mass is 264 g/mol. The molecule has 3 fully saturated rings. The highest BCUT2D eigenvalue weighted by Crippen LogP contribution is 2.38. The molecule has 3 rings (SSSR count). The van der Waals surface area contributed by atoms with Gasteiger partial charge in [0.05, 0.1) is 0 Å². The number of piperidine rings is 1. The van der Waals surface area contributed by atoms with E-state index >= 15 is 0 Å². The van der Waals surface area contributed by atoms with Gasteiger partial charge in [-0.1, -0.05) is 13.8 Å². The van der Waals surface area contributed by atoms with E-state index < -0.39 is 0 Å². The van der Waals surface area contributed by atoms with Gasteiger partial charge in [-0.05, 0) is 50.9 Å². The predicted molar refractivity (Wildman–Crippen MR) is 76.9 cm³/mol. The number of nitrogens with zero attached hydrogens (tertiary/aromatic N) is 1. The van der Waals surface area contributed by atoms with E-state index in [-0.39, 0.29) is 5.92 Å². The van der Waals surface area contributed by atoms with Crippen molar-refractivity contribution >= 4 is 5.91 Å². The topological polar surface area (TPSA) is 32.3 Å². The first-order valence-electron chi connectivity index (χ1n) is 8.25. The number of amides is 1. The second-order valence-electron chi connectivity index (χ2n) is 6.92. The van der Waals surface area contributed by atoms with Gasteiger partial charge < -0.3 is 10.2 Å². The summed E-state index contributed by atoms with van der Waals surface area (Å²) < 4.78 is 0. The first kappa shape index (κ1) is 13.4. The van der Waals surface area contributed by atoms with E-state index in [2.05, 4.69) is 24.1 Å². The van der Waals surface area contributed by atoms with Crippen molar-refractivity contribution < 1.29 is 4.79 Å². The van der Waals surface area contributed by atoms with E-state index in [0.29, 0.717) is 30.0 Å². The highest BCUT2D eigenvalue weighted by atomic mass is 16.2. The fraction of sp³-hybridized carbons (Fsp3) is 0.938. The number of fused-ring (bicyclic) bond motifs is 2. The second kappa shape index (κ2) is 5.43. The van der Waals surface area contributed by atoms with E-state index in [1.807, 2.05) is 0 Å². The number of hydrogen-bond acceptors (Lipinski definition) is 2. The van der Waals surface area contributed by atoms with Crippen molar-refractivity contribution in [1.29, 1.82) is 0 Å². The molecule has 2 heterocycles. The van der Waals surface area contributed by atoms with Gasteiger partial charge in [0, 0.05) is 30.6 Å². The van der Waals surface area contributed by atoms with Crippen LogP contribution in [0.1, 0.15) is 58.8 Å². The molecule has 3 heteroatoms. The highest BCUT2D eigenvalue weighted by molar-refractivity contribution is 5.79. The molecule has 2 aliphatic heterocycles. The van der Waals surface area contributed by atoms with Crippen LogP contribution in [0.5, 0.6) is 0 Å². The van der Waals surface area contributed by atoms with Gasteiger partial charge in [-0.3, -0.25) is 4.79 Å². The first-order valence-corrected chi connectivity index (χ1v) is 8.25. The molecule has 3 unspecified atom stereocenters. The predicted octanol–water partition coefficient (Wildman–Crippen LogP) is 2.55. The Kier molecular flexibility index (Phi) is 3.84. The summed E-state index contributed by atoms with van der Waals surface area (Å²) in [6, 6.07) is 1.85. The molecule has 1 amide bonds. The van der Waals surface area contributed by atoms with Crippen molar-refractivity contribution in [3.05, 3.63) is 0 Å². The average molecular weight is 264 g/mol. The minimum atomic E-state index is 0.263. The van der Waals surface area contributed by atoms with Gasteiger partial charge in [0.2, 0.25) is 5.91 Å². The van der Waals surface area contributed by atoms with Crippen LogP contribution in [-0.4, -0.2) is 35.5 Å². The maximum Gasteiger partial charge on any atom is 0.225 e. The minimum absolute atomic E-state index is 0.263. The van der Waals surface area contributed by atoms with Gasteiger partial charge in [-0.25, -0.2) is 0 Å². The van der Waals surface area contributed by atoms with Crippen LogP contribution >= 0.6 is 0 Å². The molecule has 0 spiro atoms. The third-order valence-electron chi connectivity index (χ3n) is 5.36. The Morgan fingerprint density at radius 1 is 1.21 bits per heavy atom. The molecule has 3 atom stereocenters. The van der Waals surface area contributed by atoms with Crippen molar-refractivity contribution in [2.75, 3.05) is 6.54 Å². The zero-order valence-corrected chi connectivity index (χ0v) is 12.4. The van der Waals surface area contributed by atoms with Crippen LogP contribution in [0.4, 0.5) is 0 Å². The van der Waals surface area contributed by atoms with Crippen LogP contribution in [0.15, 0.2) is 0 Å². The molecule has 19 heavy (non-hydrogen) atoms. The standard InChI is InChI=1S/C16H28N2O/c1-3-8-18(16(19)11(2)12-4-5-12)15-9-13-6-7-14(10-15)17-13/h11-15,17H,3-10H2,1-2H3. The van der Waals surface area contributed by atoms with Crippen LogP contribution in [0.3, 0.4) is 0 Å². The summed E-state index contributed by atoms with van der Waals surface area (Å²) >= 11 is 0. The molecule has 2 bridgehead atoms. The van der Waals surface area contributed by atoms with Crippen molar-refractivity contribution in [3.63, 3.8) is 0 Å². The van der Waals surface area contributed by atoms with Crippen LogP contribution in [0.2, 0.25) is 0 Å². The summed E-state index contributed by atoms with van der Waals surface area (Å²) in [5.74, 6) is 1.39. The zero-order valence-electron chi connectivity index (χ0n) is 12.4. The lowest BCUT2D eigenvalue weighted by Crippen LogP contribution is -2.51. The van der Waals surface area contributed by atoms with E-state index in [9.17, 15) is 4.79 Å². The maximum absolute atomic E-state index is 12.8. The van der Waals surface area contributed by atoms with E-state index in [1.54, 1.807) is 0 Å². The van der Waals surface area contributed by atoms with Crippen LogP contribution in [0, 0.1) is 11.8 Å². The lowest BCUT2D eigenvalue weighted by molar-refractivity contribution is -0.139. The summed E-state index contributed by atoms with van der Waals surface area (Å²) in [6.07, 6.45) is 8.61. The lowest BCUT2D eigenvalue weighted by atomic mass is 9.95. The number of rotatable bonds is 5. The molecule has 108 valence electrons. The molecule has 0 aromatic rings. The quantitative estimate of drug-likeness (QED) is 0.827. The Morgan fingerprint density at radius 3 is 2.37 bits per heavy atom. The van der Waals surface area contributed by atoms with Gasteiger partial charge >= 0.3 is 0 Å². The Morgan fingerprint density at radius 2 is 1.84 bits per heavy atom. The number of carbonyl (C=O) groups excluding carboxylic acids is 1. The minimum Gasteiger partial charge on any atom is -0.339 e. The fourth-order valence-corrected chi connectivity index (χ4v) is 4.05. The summed E-state index contributed by atoms with van der Waals surface area (Å²) in [6.45, 7) is 5.30. The van der Waals surface area contributed by atoms with Gasteiger partial charge in [-0.15, -0.1) is 0 Å². The first-order chi connectivity index (χ1) is 9.19. The third-order valence-corrected chi connectivity index (χ3v) is 5.36. The Balaban J connectivity index is 1.67. The molecule has 1 aliphatic carbocycles. The Bertz CT molecular complexity index is 328. The van der Waals surface area contributed by atoms with Crippen molar-refractivity contribution in [2.24, 2.45) is 11.8 Å². The summed E-state index contributed by atoms with van der Waals surface area (Å²) in [5, 5.41) is 3.68. The van der Waals surface area contributed by atoms with Crippen molar-refractivity contribution in [1.82, 2.24) is 10.2 Å². The number of hydrogen-bond donors (Lipinski definition) is 1. The van der Waals surface area contributed by atoms with Crippen LogP contribution in [0.25, 0.3) is 0 Å². The maximum atomic E-state index is 12.8. The molecule has 1 saturated carbocycles. The van der Waals surface area contributed by atoms with Crippen LogP contribution < -0.4 is 5.32 Å². The molecule has 1 N–H and O–H groups in total. The molecule has 0 aromatic heterocycles. The van der Waals surface area contributed by atoms with Crippen LogP contribution in [-0.2, 0) is 4.79 Å². The molecular weight excluding hydrogens is 236 g/mol. The molecule has 3 nitrogen and oxygen atoms in total. The van der Waals surface area contributed by atoms with Gasteiger partial charge in [0.25, 0.3) is 0 Å². The number of nitrogens with one attached hydrogen (secondary N) is 1. The molecule has 0 radical (unpaired) electrons. The molecule has 2 saturated heterocycles. The molecule has 3 aliphatic rings. The lowest BCUT2D eigenvalue weighted by Gasteiger charge is -2.39. The smallest absolute Gasteiger partial charge is 0.225 e. The summed E-state index contributed by atoms with van der Waals surface area (Å²) in [7, 11) is 0. The van der Waals surface area contributed by atoms with Gasteiger partial charge in [0.15, 0.2) is 0 Å². The largest absolute Gasteiger partial charge is 0.339 e. The Hall–Kier alpha value is -0.570. The second-order valence-corrected chi connectivity index (χ2v) is 6.92. The fourth-order valence-electron chi connectivity index (χ4n) is 4.05. The van der Waals surface area contributed by atoms with Crippen molar-refractivity contribution in [2.45, 2.75) is 76.9 Å². The molecule has 0 aromatic carbocycles.